The van der Waals surface area contributed by atoms with Crippen molar-refractivity contribution in [3.8, 4) is 0 Å². The lowest BCUT2D eigenvalue weighted by atomic mass is 10.2. The van der Waals surface area contributed by atoms with Gasteiger partial charge < -0.3 is 0 Å². The van der Waals surface area contributed by atoms with Crippen LogP contribution < -0.4 is 5.32 Å². The lowest BCUT2D eigenvalue weighted by molar-refractivity contribution is -0.384. The number of aromatic nitrogens is 2. The second-order valence-corrected chi connectivity index (χ2v) is 6.71. The van der Waals surface area contributed by atoms with Gasteiger partial charge in [0.15, 0.2) is 4.34 Å². The maximum Gasteiger partial charge on any atom is 0.269 e. The van der Waals surface area contributed by atoms with E-state index in [0.29, 0.717) is 10.7 Å². The van der Waals surface area contributed by atoms with Crippen molar-refractivity contribution in [2.24, 2.45) is 0 Å². The van der Waals surface area contributed by atoms with Crippen LogP contribution >= 0.6 is 23.1 Å². The molecule has 1 heterocycles. The van der Waals surface area contributed by atoms with Gasteiger partial charge in [0.25, 0.3) is 5.69 Å². The summed E-state index contributed by atoms with van der Waals surface area (Å²) in [6.45, 7) is 2.08. The van der Waals surface area contributed by atoms with E-state index in [4.69, 9.17) is 0 Å². The summed E-state index contributed by atoms with van der Waals surface area (Å²) >= 11 is 2.93. The van der Waals surface area contributed by atoms with Crippen molar-refractivity contribution in [1.82, 2.24) is 10.2 Å². The summed E-state index contributed by atoms with van der Waals surface area (Å²) in [6, 6.07) is 5.93. The molecule has 23 heavy (non-hydrogen) atoms. The van der Waals surface area contributed by atoms with Gasteiger partial charge in [0.05, 0.1) is 4.92 Å². The molecule has 0 aliphatic rings. The molecular weight excluding hydrogens is 336 g/mol. The maximum atomic E-state index is 11.8. The number of rotatable bonds is 7. The summed E-state index contributed by atoms with van der Waals surface area (Å²) < 4.78 is 0.821. The molecule has 1 aromatic carbocycles. The van der Waals surface area contributed by atoms with Crippen molar-refractivity contribution in [2.75, 3.05) is 11.1 Å². The van der Waals surface area contributed by atoms with Crippen molar-refractivity contribution < 1.29 is 9.72 Å². The lowest BCUT2D eigenvalue weighted by Crippen LogP contribution is -2.07. The number of carbonyl (C=O) groups is 1. The maximum absolute atomic E-state index is 11.8. The smallest absolute Gasteiger partial charge is 0.269 e. The number of carbonyl (C=O) groups excluding carboxylic acids is 1. The molecule has 0 bridgehead atoms. The van der Waals surface area contributed by atoms with Crippen LogP contribution in [-0.2, 0) is 4.79 Å². The molecule has 9 heteroatoms. The minimum absolute atomic E-state index is 0.0116. The SMILES string of the molecule is CCCSc1nnc(NC(=O)/C=C/c2ccc([N+](=O)[O-])cc2)s1. The van der Waals surface area contributed by atoms with E-state index in [0.717, 1.165) is 16.5 Å². The first-order chi connectivity index (χ1) is 11.1. The molecule has 1 aromatic heterocycles. The second-order valence-electron chi connectivity index (χ2n) is 4.39. The monoisotopic (exact) mass is 350 g/mol. The van der Waals surface area contributed by atoms with Crippen LogP contribution in [0, 0.1) is 10.1 Å². The van der Waals surface area contributed by atoms with E-state index in [1.165, 1.54) is 29.5 Å². The minimum Gasteiger partial charge on any atom is -0.297 e. The number of hydrogen-bond acceptors (Lipinski definition) is 7. The number of amides is 1. The van der Waals surface area contributed by atoms with Gasteiger partial charge in [0.1, 0.15) is 0 Å². The van der Waals surface area contributed by atoms with E-state index in [1.807, 2.05) is 0 Å². The van der Waals surface area contributed by atoms with Crippen LogP contribution in [0.25, 0.3) is 6.08 Å². The molecule has 0 atom stereocenters. The Balaban J connectivity index is 1.90. The van der Waals surface area contributed by atoms with Crippen LogP contribution in [0.1, 0.15) is 18.9 Å². The van der Waals surface area contributed by atoms with Gasteiger partial charge in [-0.05, 0) is 30.2 Å². The van der Waals surface area contributed by atoms with Crippen molar-refractivity contribution in [3.05, 3.63) is 46.0 Å². The molecule has 0 saturated carbocycles. The molecule has 1 N–H and O–H groups in total. The molecule has 0 unspecified atom stereocenters. The normalized spacial score (nSPS) is 10.8. The molecular formula is C14H14N4O3S2. The number of hydrogen-bond donors (Lipinski definition) is 1. The van der Waals surface area contributed by atoms with E-state index in [-0.39, 0.29) is 11.6 Å². The molecule has 0 aliphatic carbocycles. The van der Waals surface area contributed by atoms with Crippen LogP contribution in [-0.4, -0.2) is 26.8 Å². The predicted octanol–water partition coefficient (Wildman–Crippen LogP) is 3.60. The Morgan fingerprint density at radius 3 is 2.78 bits per heavy atom. The van der Waals surface area contributed by atoms with Gasteiger partial charge in [-0.15, -0.1) is 10.2 Å². The first kappa shape index (κ1) is 17.1. The zero-order valence-electron chi connectivity index (χ0n) is 12.3. The average molecular weight is 350 g/mol. The van der Waals surface area contributed by atoms with Crippen molar-refractivity contribution >= 4 is 45.9 Å². The number of nitro benzene ring substituents is 1. The third-order valence-electron chi connectivity index (χ3n) is 2.60. The molecule has 0 spiro atoms. The highest BCUT2D eigenvalue weighted by molar-refractivity contribution is 8.01. The van der Waals surface area contributed by atoms with Crippen LogP contribution in [0.15, 0.2) is 34.7 Å². The van der Waals surface area contributed by atoms with Gasteiger partial charge in [-0.3, -0.25) is 20.2 Å². The molecule has 2 rings (SSSR count). The number of thioether (sulfide) groups is 1. The summed E-state index contributed by atoms with van der Waals surface area (Å²) in [5.41, 5.74) is 0.708. The Kier molecular flexibility index (Phi) is 6.24. The lowest BCUT2D eigenvalue weighted by Gasteiger charge is -1.96. The van der Waals surface area contributed by atoms with Crippen molar-refractivity contribution in [1.29, 1.82) is 0 Å². The van der Waals surface area contributed by atoms with Gasteiger partial charge in [0, 0.05) is 24.0 Å². The van der Waals surface area contributed by atoms with Crippen LogP contribution in [0.4, 0.5) is 10.8 Å². The third kappa shape index (κ3) is 5.46. The number of nitro groups is 1. The Bertz CT molecular complexity index is 713. The summed E-state index contributed by atoms with van der Waals surface area (Å²) in [5.74, 6) is 0.634. The number of benzene rings is 1. The van der Waals surface area contributed by atoms with Gasteiger partial charge in [-0.2, -0.15) is 0 Å². The molecule has 0 radical (unpaired) electrons. The number of anilines is 1. The molecule has 0 aliphatic heterocycles. The van der Waals surface area contributed by atoms with E-state index >= 15 is 0 Å². The number of non-ortho nitro benzene ring substituents is 1. The fraction of sp³-hybridized carbons (Fsp3) is 0.214. The molecule has 2 aromatic rings. The number of nitrogens with one attached hydrogen (secondary N) is 1. The van der Waals surface area contributed by atoms with Crippen LogP contribution in [0.3, 0.4) is 0 Å². The Morgan fingerprint density at radius 2 is 2.13 bits per heavy atom. The molecule has 7 nitrogen and oxygen atoms in total. The summed E-state index contributed by atoms with van der Waals surface area (Å²) in [6.07, 6.45) is 3.97. The highest BCUT2D eigenvalue weighted by Gasteiger charge is 2.06. The predicted molar refractivity (Wildman–Crippen MR) is 91.7 cm³/mol. The second kappa shape index (κ2) is 8.39. The Hall–Kier alpha value is -2.26. The fourth-order valence-electron chi connectivity index (χ4n) is 1.53. The standard InChI is InChI=1S/C14H14N4O3S2/c1-2-9-22-14-17-16-13(23-14)15-12(19)8-5-10-3-6-11(7-4-10)18(20)21/h3-8H,2,9H2,1H3,(H,15,16,19)/b8-5+. The number of nitrogens with zero attached hydrogens (tertiary/aromatic N) is 3. The zero-order chi connectivity index (χ0) is 16.7. The largest absolute Gasteiger partial charge is 0.297 e. The highest BCUT2D eigenvalue weighted by atomic mass is 32.2. The fourth-order valence-corrected chi connectivity index (χ4v) is 3.21. The van der Waals surface area contributed by atoms with Gasteiger partial charge in [-0.1, -0.05) is 30.0 Å². The summed E-state index contributed by atoms with van der Waals surface area (Å²) in [7, 11) is 0. The Morgan fingerprint density at radius 1 is 1.39 bits per heavy atom. The molecule has 120 valence electrons. The van der Waals surface area contributed by atoms with E-state index < -0.39 is 4.92 Å². The van der Waals surface area contributed by atoms with Crippen molar-refractivity contribution in [2.45, 2.75) is 17.7 Å². The topological polar surface area (TPSA) is 98.0 Å². The average Bonchev–Trinajstić information content (AvgIpc) is 2.98. The van der Waals surface area contributed by atoms with E-state index in [1.54, 1.807) is 30.0 Å². The van der Waals surface area contributed by atoms with Gasteiger partial charge >= 0.3 is 0 Å². The minimum atomic E-state index is -0.468. The summed E-state index contributed by atoms with van der Waals surface area (Å²) in [4.78, 5) is 21.9. The molecule has 1 amide bonds. The van der Waals surface area contributed by atoms with Gasteiger partial charge in [-0.25, -0.2) is 0 Å². The molecule has 0 fully saturated rings. The van der Waals surface area contributed by atoms with Crippen molar-refractivity contribution in [3.63, 3.8) is 0 Å². The van der Waals surface area contributed by atoms with E-state index in [9.17, 15) is 14.9 Å². The van der Waals surface area contributed by atoms with Crippen LogP contribution in [0.5, 0.6) is 0 Å². The Labute approximate surface area is 141 Å². The third-order valence-corrected chi connectivity index (χ3v) is 4.78. The zero-order valence-corrected chi connectivity index (χ0v) is 13.9. The van der Waals surface area contributed by atoms with E-state index in [2.05, 4.69) is 22.4 Å². The molecule has 0 saturated heterocycles. The first-order valence-electron chi connectivity index (χ1n) is 6.78. The van der Waals surface area contributed by atoms with Crippen LogP contribution in [0.2, 0.25) is 0 Å². The highest BCUT2D eigenvalue weighted by Crippen LogP contribution is 2.25. The summed E-state index contributed by atoms with van der Waals surface area (Å²) in [5, 5.41) is 21.5. The first-order valence-corrected chi connectivity index (χ1v) is 8.58. The quantitative estimate of drug-likeness (QED) is 0.269. The van der Waals surface area contributed by atoms with Gasteiger partial charge in [0.2, 0.25) is 11.0 Å².